The molecule has 0 heterocycles. The lowest BCUT2D eigenvalue weighted by molar-refractivity contribution is -0.121. The van der Waals surface area contributed by atoms with Gasteiger partial charge in [0, 0.05) is 12.8 Å². The van der Waals surface area contributed by atoms with Gasteiger partial charge >= 0.3 is 0 Å². The molecule has 1 aromatic rings. The topological polar surface area (TPSA) is 98.5 Å². The van der Waals surface area contributed by atoms with Crippen LogP contribution in [0.3, 0.4) is 0 Å². The van der Waals surface area contributed by atoms with E-state index in [4.69, 9.17) is 10.5 Å². The van der Waals surface area contributed by atoms with Gasteiger partial charge in [0.05, 0.1) is 17.9 Å². The molecule has 0 aliphatic rings. The van der Waals surface area contributed by atoms with Crippen LogP contribution in [-0.4, -0.2) is 40.3 Å². The zero-order chi connectivity index (χ0) is 15.9. The van der Waals surface area contributed by atoms with Gasteiger partial charge in [-0.3, -0.25) is 4.79 Å². The molecule has 0 saturated carbocycles. The normalized spacial score (nSPS) is 12.1. The molecule has 0 radical (unpaired) electrons. The summed E-state index contributed by atoms with van der Waals surface area (Å²) in [5, 5.41) is 2.77. The molecule has 1 atom stereocenters. The van der Waals surface area contributed by atoms with Crippen molar-refractivity contribution >= 4 is 28.2 Å². The SMILES string of the molecule is CC(CN)CNC(=O)CCOc1ccc(S(C)(=O)=O)cc1.Cl. The molecule has 0 saturated heterocycles. The van der Waals surface area contributed by atoms with Crippen LogP contribution in [0.5, 0.6) is 5.75 Å². The van der Waals surface area contributed by atoms with Crippen molar-refractivity contribution in [3.8, 4) is 5.75 Å². The van der Waals surface area contributed by atoms with Gasteiger partial charge in [0.25, 0.3) is 0 Å². The highest BCUT2D eigenvalue weighted by molar-refractivity contribution is 7.90. The summed E-state index contributed by atoms with van der Waals surface area (Å²) in [5.41, 5.74) is 5.46. The number of amides is 1. The maximum atomic E-state index is 11.5. The van der Waals surface area contributed by atoms with Crippen molar-refractivity contribution in [1.29, 1.82) is 0 Å². The molecule has 0 aliphatic heterocycles. The van der Waals surface area contributed by atoms with Gasteiger partial charge in [0.15, 0.2) is 9.84 Å². The first-order chi connectivity index (χ1) is 9.82. The maximum Gasteiger partial charge on any atom is 0.223 e. The number of carbonyl (C=O) groups excluding carboxylic acids is 1. The van der Waals surface area contributed by atoms with Gasteiger partial charge in [-0.15, -0.1) is 12.4 Å². The van der Waals surface area contributed by atoms with E-state index in [1.807, 2.05) is 6.92 Å². The van der Waals surface area contributed by atoms with E-state index in [1.165, 1.54) is 12.1 Å². The summed E-state index contributed by atoms with van der Waals surface area (Å²) in [6, 6.07) is 6.11. The summed E-state index contributed by atoms with van der Waals surface area (Å²) < 4.78 is 28.0. The third-order valence-electron chi connectivity index (χ3n) is 2.90. The van der Waals surface area contributed by atoms with Crippen molar-refractivity contribution < 1.29 is 17.9 Å². The van der Waals surface area contributed by atoms with Gasteiger partial charge in [-0.25, -0.2) is 8.42 Å². The van der Waals surface area contributed by atoms with Gasteiger partial charge < -0.3 is 15.8 Å². The van der Waals surface area contributed by atoms with Gasteiger partial charge in [-0.2, -0.15) is 0 Å². The molecule has 8 heteroatoms. The summed E-state index contributed by atoms with van der Waals surface area (Å²) in [7, 11) is -3.20. The number of benzene rings is 1. The Morgan fingerprint density at radius 2 is 1.91 bits per heavy atom. The van der Waals surface area contributed by atoms with Crippen LogP contribution in [0, 0.1) is 5.92 Å². The second-order valence-corrected chi connectivity index (χ2v) is 7.00. The fourth-order valence-corrected chi connectivity index (χ4v) is 2.13. The zero-order valence-corrected chi connectivity index (χ0v) is 14.4. The molecular formula is C14H23ClN2O4S. The molecule has 0 spiro atoms. The Morgan fingerprint density at radius 1 is 1.32 bits per heavy atom. The van der Waals surface area contributed by atoms with Crippen LogP contribution in [-0.2, 0) is 14.6 Å². The fraction of sp³-hybridized carbons (Fsp3) is 0.500. The Labute approximate surface area is 137 Å². The first-order valence-electron chi connectivity index (χ1n) is 6.72. The van der Waals surface area contributed by atoms with Crippen LogP contribution in [0.15, 0.2) is 29.2 Å². The molecular weight excluding hydrogens is 328 g/mol. The largest absolute Gasteiger partial charge is 0.493 e. The first-order valence-corrected chi connectivity index (χ1v) is 8.61. The van der Waals surface area contributed by atoms with Crippen LogP contribution >= 0.6 is 12.4 Å². The molecule has 0 fully saturated rings. The second kappa shape index (κ2) is 9.66. The molecule has 0 bridgehead atoms. The van der Waals surface area contributed by atoms with E-state index in [0.29, 0.717) is 18.8 Å². The molecule has 3 N–H and O–H groups in total. The molecule has 1 unspecified atom stereocenters. The number of sulfone groups is 1. The van der Waals surface area contributed by atoms with Crippen molar-refractivity contribution in [2.45, 2.75) is 18.2 Å². The third-order valence-corrected chi connectivity index (χ3v) is 4.03. The minimum Gasteiger partial charge on any atom is -0.493 e. The van der Waals surface area contributed by atoms with Crippen LogP contribution in [0.4, 0.5) is 0 Å². The summed E-state index contributed by atoms with van der Waals surface area (Å²) in [4.78, 5) is 11.8. The number of ether oxygens (including phenoxy) is 1. The Hall–Kier alpha value is -1.31. The van der Waals surface area contributed by atoms with Crippen LogP contribution in [0.25, 0.3) is 0 Å². The molecule has 0 aromatic heterocycles. The molecule has 1 amide bonds. The minimum absolute atomic E-state index is 0. The van der Waals surface area contributed by atoms with Crippen LogP contribution in [0.1, 0.15) is 13.3 Å². The lowest BCUT2D eigenvalue weighted by atomic mass is 10.2. The number of rotatable bonds is 8. The van der Waals surface area contributed by atoms with E-state index in [9.17, 15) is 13.2 Å². The average Bonchev–Trinajstić information content (AvgIpc) is 2.44. The van der Waals surface area contributed by atoms with Gasteiger partial charge in [-0.05, 0) is 36.7 Å². The van der Waals surface area contributed by atoms with Gasteiger partial charge in [0.2, 0.25) is 5.91 Å². The van der Waals surface area contributed by atoms with Crippen LogP contribution < -0.4 is 15.8 Å². The molecule has 1 aromatic carbocycles. The lowest BCUT2D eigenvalue weighted by Crippen LogP contribution is -2.31. The highest BCUT2D eigenvalue weighted by Gasteiger charge is 2.07. The Morgan fingerprint density at radius 3 is 2.41 bits per heavy atom. The Kier molecular flexibility index (Phi) is 9.08. The zero-order valence-electron chi connectivity index (χ0n) is 12.7. The number of hydrogen-bond acceptors (Lipinski definition) is 5. The Bertz CT molecular complexity index is 561. The van der Waals surface area contributed by atoms with E-state index in [0.717, 1.165) is 6.26 Å². The monoisotopic (exact) mass is 350 g/mol. The molecule has 6 nitrogen and oxygen atoms in total. The van der Waals surface area contributed by atoms with E-state index < -0.39 is 9.84 Å². The minimum atomic E-state index is -3.20. The number of hydrogen-bond donors (Lipinski definition) is 2. The predicted octanol–water partition coefficient (Wildman–Crippen LogP) is 0.992. The standard InChI is InChI=1S/C14H22N2O4S.ClH/c1-11(9-15)10-16-14(17)7-8-20-12-3-5-13(6-4-12)21(2,18)19;/h3-6,11H,7-10,15H2,1-2H3,(H,16,17);1H. The van der Waals surface area contributed by atoms with E-state index in [2.05, 4.69) is 5.32 Å². The summed E-state index contributed by atoms with van der Waals surface area (Å²) >= 11 is 0. The second-order valence-electron chi connectivity index (χ2n) is 4.99. The lowest BCUT2D eigenvalue weighted by Gasteiger charge is -2.10. The number of carbonyl (C=O) groups is 1. The van der Waals surface area contributed by atoms with Gasteiger partial charge in [0.1, 0.15) is 5.75 Å². The summed E-state index contributed by atoms with van der Waals surface area (Å²) in [6.07, 6.45) is 1.39. The molecule has 0 aliphatic carbocycles. The summed E-state index contributed by atoms with van der Waals surface area (Å²) in [5.74, 6) is 0.687. The van der Waals surface area contributed by atoms with E-state index in [-0.39, 0.29) is 42.2 Å². The first kappa shape index (κ1) is 20.7. The van der Waals surface area contributed by atoms with E-state index in [1.54, 1.807) is 12.1 Å². The Balaban J connectivity index is 0.00000441. The smallest absolute Gasteiger partial charge is 0.223 e. The van der Waals surface area contributed by atoms with E-state index >= 15 is 0 Å². The van der Waals surface area contributed by atoms with Crippen molar-refractivity contribution in [2.24, 2.45) is 11.7 Å². The van der Waals surface area contributed by atoms with Crippen molar-refractivity contribution in [3.05, 3.63) is 24.3 Å². The van der Waals surface area contributed by atoms with Crippen LogP contribution in [0.2, 0.25) is 0 Å². The van der Waals surface area contributed by atoms with Crippen molar-refractivity contribution in [3.63, 3.8) is 0 Å². The average molecular weight is 351 g/mol. The number of nitrogens with two attached hydrogens (primary N) is 1. The molecule has 126 valence electrons. The maximum absolute atomic E-state index is 11.5. The third kappa shape index (κ3) is 7.63. The quantitative estimate of drug-likeness (QED) is 0.728. The predicted molar refractivity (Wildman–Crippen MR) is 88.1 cm³/mol. The van der Waals surface area contributed by atoms with Crippen molar-refractivity contribution in [2.75, 3.05) is 26.0 Å². The fourth-order valence-electron chi connectivity index (χ4n) is 1.50. The number of halogens is 1. The highest BCUT2D eigenvalue weighted by atomic mass is 35.5. The molecule has 1 rings (SSSR count). The number of nitrogens with one attached hydrogen (secondary N) is 1. The molecule has 22 heavy (non-hydrogen) atoms. The summed E-state index contributed by atoms with van der Waals surface area (Å²) in [6.45, 7) is 3.28. The highest BCUT2D eigenvalue weighted by Crippen LogP contribution is 2.15. The van der Waals surface area contributed by atoms with Gasteiger partial charge in [-0.1, -0.05) is 6.92 Å². The van der Waals surface area contributed by atoms with Crippen molar-refractivity contribution in [1.82, 2.24) is 5.32 Å².